The number of aromatic nitrogens is 2. The molecule has 0 aliphatic carbocycles. The van der Waals surface area contributed by atoms with Gasteiger partial charge in [0, 0.05) is 19.7 Å². The molecule has 7 heteroatoms. The van der Waals surface area contributed by atoms with E-state index in [1.165, 1.54) is 18.7 Å². The Hall–Kier alpha value is -3.12. The van der Waals surface area contributed by atoms with E-state index in [-0.39, 0.29) is 11.4 Å². The van der Waals surface area contributed by atoms with E-state index in [4.69, 9.17) is 11.6 Å². The zero-order valence-electron chi connectivity index (χ0n) is 15.1. The SMILES string of the molecule is Cc1ccc(Nc2c(C(=O)c3ccccc3)c(=O)n(C)c(=O)n2C)c(Cl)c1. The zero-order valence-corrected chi connectivity index (χ0v) is 15.9. The first-order chi connectivity index (χ1) is 12.8. The highest BCUT2D eigenvalue weighted by Gasteiger charge is 2.23. The Morgan fingerprint density at radius 1 is 1.00 bits per heavy atom. The number of ketones is 1. The number of halogens is 1. The largest absolute Gasteiger partial charge is 0.340 e. The van der Waals surface area contributed by atoms with Crippen LogP contribution in [-0.2, 0) is 14.1 Å². The van der Waals surface area contributed by atoms with Crippen molar-refractivity contribution in [3.8, 4) is 0 Å². The summed E-state index contributed by atoms with van der Waals surface area (Å²) in [5.74, 6) is -0.375. The lowest BCUT2D eigenvalue weighted by Gasteiger charge is -2.17. The van der Waals surface area contributed by atoms with Gasteiger partial charge in [-0.25, -0.2) is 4.79 Å². The van der Waals surface area contributed by atoms with E-state index >= 15 is 0 Å². The molecule has 0 saturated carbocycles. The summed E-state index contributed by atoms with van der Waals surface area (Å²) in [6.45, 7) is 1.90. The summed E-state index contributed by atoms with van der Waals surface area (Å²) in [6.07, 6.45) is 0. The van der Waals surface area contributed by atoms with E-state index < -0.39 is 17.0 Å². The third kappa shape index (κ3) is 3.44. The van der Waals surface area contributed by atoms with Gasteiger partial charge in [0.25, 0.3) is 5.56 Å². The van der Waals surface area contributed by atoms with Crippen LogP contribution in [0, 0.1) is 6.92 Å². The highest BCUT2D eigenvalue weighted by molar-refractivity contribution is 6.33. The highest BCUT2D eigenvalue weighted by atomic mass is 35.5. The van der Waals surface area contributed by atoms with Gasteiger partial charge in [0.1, 0.15) is 11.4 Å². The predicted octanol–water partition coefficient (Wildman–Crippen LogP) is 3.02. The highest BCUT2D eigenvalue weighted by Crippen LogP contribution is 2.27. The van der Waals surface area contributed by atoms with Gasteiger partial charge < -0.3 is 5.32 Å². The van der Waals surface area contributed by atoms with Crippen LogP contribution in [0.15, 0.2) is 58.1 Å². The van der Waals surface area contributed by atoms with Crippen molar-refractivity contribution >= 4 is 28.9 Å². The molecule has 0 unspecified atom stereocenters. The van der Waals surface area contributed by atoms with Crippen molar-refractivity contribution in [3.05, 3.63) is 91.1 Å². The molecule has 3 rings (SSSR count). The Kier molecular flexibility index (Phi) is 5.01. The van der Waals surface area contributed by atoms with E-state index in [9.17, 15) is 14.4 Å². The Labute approximate surface area is 160 Å². The first kappa shape index (κ1) is 18.7. The van der Waals surface area contributed by atoms with Gasteiger partial charge in [-0.15, -0.1) is 0 Å². The lowest BCUT2D eigenvalue weighted by Crippen LogP contribution is -2.41. The number of aryl methyl sites for hydroxylation is 1. The molecule has 0 spiro atoms. The van der Waals surface area contributed by atoms with Gasteiger partial charge in [0.15, 0.2) is 0 Å². The van der Waals surface area contributed by atoms with Crippen LogP contribution in [0.4, 0.5) is 11.5 Å². The topological polar surface area (TPSA) is 73.1 Å². The molecule has 0 amide bonds. The summed E-state index contributed by atoms with van der Waals surface area (Å²) in [6, 6.07) is 13.8. The lowest BCUT2D eigenvalue weighted by atomic mass is 10.0. The average molecular weight is 384 g/mol. The van der Waals surface area contributed by atoms with Crippen molar-refractivity contribution in [2.75, 3.05) is 5.32 Å². The molecule has 0 fully saturated rings. The van der Waals surface area contributed by atoms with Crippen LogP contribution in [-0.4, -0.2) is 14.9 Å². The number of hydrogen-bond donors (Lipinski definition) is 1. The zero-order chi connectivity index (χ0) is 19.7. The Bertz CT molecular complexity index is 1150. The first-order valence-electron chi connectivity index (χ1n) is 8.24. The number of carbonyl (C=O) groups excluding carboxylic acids is 1. The molecular formula is C20H18ClN3O3. The molecule has 0 aliphatic rings. The third-order valence-corrected chi connectivity index (χ3v) is 4.62. The van der Waals surface area contributed by atoms with Crippen molar-refractivity contribution < 1.29 is 4.79 Å². The Morgan fingerprint density at radius 3 is 2.30 bits per heavy atom. The molecule has 3 aromatic rings. The summed E-state index contributed by atoms with van der Waals surface area (Å²) in [4.78, 5) is 38.2. The monoisotopic (exact) mass is 383 g/mol. The van der Waals surface area contributed by atoms with Gasteiger partial charge in [-0.05, 0) is 24.6 Å². The Morgan fingerprint density at radius 2 is 1.67 bits per heavy atom. The molecule has 0 radical (unpaired) electrons. The van der Waals surface area contributed by atoms with Crippen molar-refractivity contribution in [2.24, 2.45) is 14.1 Å². The maximum atomic E-state index is 13.0. The minimum atomic E-state index is -0.669. The van der Waals surface area contributed by atoms with Gasteiger partial charge in [-0.2, -0.15) is 0 Å². The van der Waals surface area contributed by atoms with Crippen LogP contribution >= 0.6 is 11.6 Å². The Balaban J connectivity index is 2.25. The number of anilines is 2. The smallest absolute Gasteiger partial charge is 0.332 e. The van der Waals surface area contributed by atoms with Crippen LogP contribution in [0.1, 0.15) is 21.5 Å². The number of hydrogen-bond acceptors (Lipinski definition) is 4. The molecule has 0 atom stereocenters. The number of nitrogens with zero attached hydrogens (tertiary/aromatic N) is 2. The summed E-state index contributed by atoms with van der Waals surface area (Å²) in [7, 11) is 2.84. The molecule has 2 aromatic carbocycles. The summed E-state index contributed by atoms with van der Waals surface area (Å²) < 4.78 is 2.14. The maximum Gasteiger partial charge on any atom is 0.332 e. The molecule has 1 heterocycles. The normalized spacial score (nSPS) is 10.7. The fourth-order valence-electron chi connectivity index (χ4n) is 2.78. The van der Waals surface area contributed by atoms with Crippen molar-refractivity contribution in [2.45, 2.75) is 6.92 Å². The molecule has 0 aliphatic heterocycles. The second-order valence-corrected chi connectivity index (χ2v) is 6.64. The fraction of sp³-hybridized carbons (Fsp3) is 0.150. The molecule has 0 bridgehead atoms. The van der Waals surface area contributed by atoms with Gasteiger partial charge in [-0.1, -0.05) is 48.0 Å². The average Bonchev–Trinajstić information content (AvgIpc) is 2.66. The van der Waals surface area contributed by atoms with E-state index in [2.05, 4.69) is 5.32 Å². The number of rotatable bonds is 4. The lowest BCUT2D eigenvalue weighted by molar-refractivity contribution is 0.103. The predicted molar refractivity (Wildman–Crippen MR) is 106 cm³/mol. The fourth-order valence-corrected chi connectivity index (χ4v) is 3.06. The molecule has 138 valence electrons. The number of carbonyl (C=O) groups is 1. The van der Waals surface area contributed by atoms with Crippen LogP contribution in [0.25, 0.3) is 0 Å². The molecule has 27 heavy (non-hydrogen) atoms. The molecule has 6 nitrogen and oxygen atoms in total. The minimum absolute atomic E-state index is 0.0997. The number of nitrogens with one attached hydrogen (secondary N) is 1. The van der Waals surface area contributed by atoms with Crippen molar-refractivity contribution in [1.29, 1.82) is 0 Å². The number of benzene rings is 2. The van der Waals surface area contributed by atoms with Crippen LogP contribution in [0.5, 0.6) is 0 Å². The van der Waals surface area contributed by atoms with E-state index in [1.54, 1.807) is 42.5 Å². The molecule has 0 saturated heterocycles. The van der Waals surface area contributed by atoms with Crippen molar-refractivity contribution in [1.82, 2.24) is 9.13 Å². The van der Waals surface area contributed by atoms with Gasteiger partial charge >= 0.3 is 5.69 Å². The second-order valence-electron chi connectivity index (χ2n) is 6.23. The summed E-state index contributed by atoms with van der Waals surface area (Å²) in [5, 5.41) is 3.41. The molecule has 1 aromatic heterocycles. The molecular weight excluding hydrogens is 366 g/mol. The minimum Gasteiger partial charge on any atom is -0.340 e. The second kappa shape index (κ2) is 7.25. The standard InChI is InChI=1S/C20H18ClN3O3/c1-12-9-10-15(14(21)11-12)22-18-16(17(25)13-7-5-4-6-8-13)19(26)24(3)20(27)23(18)2/h4-11,22H,1-3H3. The van der Waals surface area contributed by atoms with Gasteiger partial charge in [-0.3, -0.25) is 18.7 Å². The van der Waals surface area contributed by atoms with E-state index in [1.807, 2.05) is 13.0 Å². The van der Waals surface area contributed by atoms with Crippen LogP contribution < -0.4 is 16.6 Å². The first-order valence-corrected chi connectivity index (χ1v) is 8.62. The summed E-state index contributed by atoms with van der Waals surface area (Å²) >= 11 is 6.27. The van der Waals surface area contributed by atoms with E-state index in [0.717, 1.165) is 10.1 Å². The third-order valence-electron chi connectivity index (χ3n) is 4.31. The molecule has 1 N–H and O–H groups in total. The van der Waals surface area contributed by atoms with Gasteiger partial charge in [0.2, 0.25) is 5.78 Å². The van der Waals surface area contributed by atoms with Gasteiger partial charge in [0.05, 0.1) is 10.7 Å². The van der Waals surface area contributed by atoms with E-state index in [0.29, 0.717) is 16.3 Å². The maximum absolute atomic E-state index is 13.0. The quantitative estimate of drug-likeness (QED) is 0.703. The van der Waals surface area contributed by atoms with Crippen molar-refractivity contribution in [3.63, 3.8) is 0 Å². The summed E-state index contributed by atoms with van der Waals surface area (Å²) in [5.41, 5.74) is 0.471. The van der Waals surface area contributed by atoms with Crippen LogP contribution in [0.3, 0.4) is 0 Å². The van der Waals surface area contributed by atoms with Crippen LogP contribution in [0.2, 0.25) is 5.02 Å².